The number of hydrogen-bond acceptors (Lipinski definition) is 3. The van der Waals surface area contributed by atoms with Crippen molar-refractivity contribution in [2.24, 2.45) is 34.5 Å². The maximum absolute atomic E-state index is 11.9. The van der Waals surface area contributed by atoms with Crippen molar-refractivity contribution in [1.82, 2.24) is 0 Å². The number of esters is 1. The Morgan fingerprint density at radius 2 is 1.96 bits per heavy atom. The molecule has 4 rings (SSSR count). The van der Waals surface area contributed by atoms with Crippen LogP contribution in [0.2, 0.25) is 0 Å². The minimum absolute atomic E-state index is 0.0432. The fraction of sp³-hybridized carbons (Fsp3) is 0.818. The Kier molecular flexibility index (Phi) is 4.12. The Morgan fingerprint density at radius 1 is 1.16 bits per heavy atom. The minimum atomic E-state index is -0.0432. The predicted molar refractivity (Wildman–Crippen MR) is 96.8 cm³/mol. The first-order chi connectivity index (χ1) is 11.9. The largest absolute Gasteiger partial charge is 0.462 e. The summed E-state index contributed by atoms with van der Waals surface area (Å²) in [6, 6.07) is 0. The van der Waals surface area contributed by atoms with Crippen LogP contribution in [0.5, 0.6) is 0 Å². The molecule has 0 aromatic rings. The van der Waals surface area contributed by atoms with E-state index in [1.54, 1.807) is 0 Å². The molecule has 0 bridgehead atoms. The third-order valence-electron chi connectivity index (χ3n) is 8.52. The maximum atomic E-state index is 11.9. The lowest BCUT2D eigenvalue weighted by Gasteiger charge is -2.58. The average molecular weight is 344 g/mol. The van der Waals surface area contributed by atoms with Crippen LogP contribution in [0.15, 0.2) is 12.2 Å². The molecule has 0 aromatic heterocycles. The highest BCUT2D eigenvalue weighted by molar-refractivity contribution is 5.91. The molecule has 4 aliphatic carbocycles. The van der Waals surface area contributed by atoms with E-state index in [9.17, 15) is 9.59 Å². The number of carbonyl (C=O) groups is 2. The van der Waals surface area contributed by atoms with Gasteiger partial charge in [-0.15, -0.1) is 0 Å². The third-order valence-corrected chi connectivity index (χ3v) is 8.52. The van der Waals surface area contributed by atoms with Gasteiger partial charge < -0.3 is 4.74 Å². The number of fused-ring (bicyclic) bond motifs is 5. The number of ketones is 1. The summed E-state index contributed by atoms with van der Waals surface area (Å²) >= 11 is 0. The second-order valence-electron chi connectivity index (χ2n) is 9.47. The van der Waals surface area contributed by atoms with Crippen molar-refractivity contribution >= 4 is 11.8 Å². The van der Waals surface area contributed by atoms with Crippen molar-refractivity contribution in [2.45, 2.75) is 78.2 Å². The molecule has 0 N–H and O–H groups in total. The van der Waals surface area contributed by atoms with Crippen molar-refractivity contribution < 1.29 is 14.3 Å². The lowest BCUT2D eigenvalue weighted by atomic mass is 9.46. The summed E-state index contributed by atoms with van der Waals surface area (Å²) in [6.45, 7) is 6.67. The van der Waals surface area contributed by atoms with Gasteiger partial charge >= 0.3 is 5.97 Å². The van der Waals surface area contributed by atoms with Gasteiger partial charge in [0.1, 0.15) is 6.10 Å². The van der Waals surface area contributed by atoms with Gasteiger partial charge in [0.05, 0.1) is 0 Å². The topological polar surface area (TPSA) is 43.4 Å². The van der Waals surface area contributed by atoms with Crippen molar-refractivity contribution in [3.05, 3.63) is 12.2 Å². The zero-order valence-corrected chi connectivity index (χ0v) is 15.9. The molecule has 7 atom stereocenters. The Labute approximate surface area is 151 Å². The summed E-state index contributed by atoms with van der Waals surface area (Å²) in [5, 5.41) is 0. The van der Waals surface area contributed by atoms with Gasteiger partial charge in [-0.25, -0.2) is 0 Å². The van der Waals surface area contributed by atoms with Crippen LogP contribution in [0.3, 0.4) is 0 Å². The van der Waals surface area contributed by atoms with Crippen molar-refractivity contribution in [1.29, 1.82) is 0 Å². The van der Waals surface area contributed by atoms with E-state index in [0.717, 1.165) is 25.2 Å². The Morgan fingerprint density at radius 3 is 2.72 bits per heavy atom. The molecule has 0 saturated heterocycles. The summed E-state index contributed by atoms with van der Waals surface area (Å²) in [6.07, 6.45) is 12.5. The van der Waals surface area contributed by atoms with Gasteiger partial charge in [0.25, 0.3) is 0 Å². The Balaban J connectivity index is 1.59. The Bertz CT molecular complexity index is 608. The van der Waals surface area contributed by atoms with E-state index >= 15 is 0 Å². The maximum Gasteiger partial charge on any atom is 0.305 e. The lowest BCUT2D eigenvalue weighted by molar-refractivity contribution is -0.160. The molecule has 0 spiro atoms. The van der Waals surface area contributed by atoms with Crippen LogP contribution in [-0.2, 0) is 14.3 Å². The molecule has 3 nitrogen and oxygen atoms in total. The number of allylic oxidation sites excluding steroid dienone is 2. The van der Waals surface area contributed by atoms with E-state index in [-0.39, 0.29) is 22.9 Å². The highest BCUT2D eigenvalue weighted by Gasteiger charge is 2.60. The zero-order valence-electron chi connectivity index (χ0n) is 15.9. The smallest absolute Gasteiger partial charge is 0.305 e. The molecule has 0 unspecified atom stereocenters. The highest BCUT2D eigenvalue weighted by atomic mass is 16.5. The molecular formula is C22H32O3. The van der Waals surface area contributed by atoms with Gasteiger partial charge in [-0.3, -0.25) is 9.59 Å². The lowest BCUT2D eigenvalue weighted by Crippen LogP contribution is -2.53. The fourth-order valence-electron chi connectivity index (χ4n) is 7.02. The van der Waals surface area contributed by atoms with Gasteiger partial charge in [0, 0.05) is 18.3 Å². The quantitative estimate of drug-likeness (QED) is 0.682. The predicted octanol–water partition coefficient (Wildman–Crippen LogP) is 4.70. The van der Waals surface area contributed by atoms with E-state index in [2.05, 4.69) is 19.9 Å². The number of ether oxygens (including phenoxy) is 1. The van der Waals surface area contributed by atoms with E-state index < -0.39 is 0 Å². The van der Waals surface area contributed by atoms with E-state index in [1.165, 1.54) is 25.7 Å². The van der Waals surface area contributed by atoms with Crippen LogP contribution in [0.25, 0.3) is 0 Å². The van der Waals surface area contributed by atoms with Crippen LogP contribution in [0, 0.1) is 34.5 Å². The summed E-state index contributed by atoms with van der Waals surface area (Å²) in [4.78, 5) is 23.8. The van der Waals surface area contributed by atoms with E-state index in [1.807, 2.05) is 13.0 Å². The van der Waals surface area contributed by atoms with E-state index in [0.29, 0.717) is 30.0 Å². The van der Waals surface area contributed by atoms with Crippen LogP contribution in [0.4, 0.5) is 0 Å². The summed E-state index contributed by atoms with van der Waals surface area (Å²) in [5.41, 5.74) is 0.347. The second kappa shape index (κ2) is 5.96. The van der Waals surface area contributed by atoms with Crippen molar-refractivity contribution in [3.8, 4) is 0 Å². The molecule has 0 radical (unpaired) electrons. The number of carbonyl (C=O) groups excluding carboxylic acids is 2. The van der Waals surface area contributed by atoms with Gasteiger partial charge in [0.2, 0.25) is 0 Å². The van der Waals surface area contributed by atoms with Gasteiger partial charge in [-0.1, -0.05) is 26.8 Å². The molecule has 138 valence electrons. The zero-order chi connectivity index (χ0) is 17.8. The second-order valence-corrected chi connectivity index (χ2v) is 9.47. The van der Waals surface area contributed by atoms with Gasteiger partial charge in [-0.05, 0) is 73.7 Å². The summed E-state index contributed by atoms with van der Waals surface area (Å²) < 4.78 is 5.86. The number of hydrogen-bond donors (Lipinski definition) is 0. The fourth-order valence-corrected chi connectivity index (χ4v) is 7.02. The van der Waals surface area contributed by atoms with Gasteiger partial charge in [0.15, 0.2) is 5.78 Å². The van der Waals surface area contributed by atoms with E-state index in [4.69, 9.17) is 4.74 Å². The summed E-state index contributed by atoms with van der Waals surface area (Å²) in [5.74, 6) is 2.89. The molecule has 25 heavy (non-hydrogen) atoms. The molecule has 0 heterocycles. The molecule has 4 aliphatic rings. The number of rotatable bonds is 2. The first-order valence-electron chi connectivity index (χ1n) is 10.3. The monoisotopic (exact) mass is 344 g/mol. The van der Waals surface area contributed by atoms with Crippen molar-refractivity contribution in [2.75, 3.05) is 0 Å². The molecule has 0 aromatic carbocycles. The van der Waals surface area contributed by atoms with Gasteiger partial charge in [-0.2, -0.15) is 0 Å². The molecular weight excluding hydrogens is 312 g/mol. The molecule has 0 amide bonds. The first kappa shape index (κ1) is 17.3. The average Bonchev–Trinajstić information content (AvgIpc) is 2.92. The van der Waals surface area contributed by atoms with Crippen LogP contribution in [0.1, 0.15) is 72.1 Å². The molecule has 0 aliphatic heterocycles. The molecule has 3 saturated carbocycles. The molecule has 3 heteroatoms. The first-order valence-corrected chi connectivity index (χ1v) is 10.3. The normalized spacial score (nSPS) is 48.4. The summed E-state index contributed by atoms with van der Waals surface area (Å²) in [7, 11) is 0. The highest BCUT2D eigenvalue weighted by Crippen LogP contribution is 2.65. The Hall–Kier alpha value is -1.12. The minimum Gasteiger partial charge on any atom is -0.462 e. The van der Waals surface area contributed by atoms with Crippen LogP contribution >= 0.6 is 0 Å². The van der Waals surface area contributed by atoms with Crippen molar-refractivity contribution in [3.63, 3.8) is 0 Å². The molecule has 3 fully saturated rings. The standard InChI is InChI=1S/C22H32O3/c1-4-20(24)25-19-8-7-17-16-6-5-14-13-15(23)9-11-21(14,2)18(16)10-12-22(17,19)3/h9,11,14,16-19H,4-8,10,12-13H2,1-3H3/t14-,16+,17+,18+,19-,21+,22+/m1/s1. The van der Waals surface area contributed by atoms with Crippen LogP contribution < -0.4 is 0 Å². The SMILES string of the molecule is CCC(=O)O[C@@H]1CC[C@H]2[C@@H]3CC[C@@H]4CC(=O)C=C[C@]4(C)[C@H]3CC[C@]12C. The van der Waals surface area contributed by atoms with Crippen LogP contribution in [-0.4, -0.2) is 17.9 Å². The third kappa shape index (κ3) is 2.52.